The van der Waals surface area contributed by atoms with Crippen LogP contribution in [0.15, 0.2) is 9.59 Å². The maximum Gasteiger partial charge on any atom is 0.331 e. The number of nitrogens with zero attached hydrogens (tertiary/aromatic N) is 2. The zero-order chi connectivity index (χ0) is 12.5. The quantitative estimate of drug-likeness (QED) is 0.735. The molecule has 7 heteroatoms. The third-order valence-electron chi connectivity index (χ3n) is 2.13. The fourth-order valence-electron chi connectivity index (χ4n) is 1.53. The van der Waals surface area contributed by atoms with E-state index in [1.165, 1.54) is 0 Å². The first-order chi connectivity index (χ1) is 7.34. The predicted molar refractivity (Wildman–Crippen MR) is 56.2 cm³/mol. The van der Waals surface area contributed by atoms with Gasteiger partial charge in [0.15, 0.2) is 0 Å². The highest BCUT2D eigenvalue weighted by atomic mass is 19.1. The maximum atomic E-state index is 13.1. The fraction of sp³-hybridized carbons (Fsp3) is 0.556. The zero-order valence-electron chi connectivity index (χ0n) is 9.32. The third-order valence-corrected chi connectivity index (χ3v) is 2.13. The van der Waals surface area contributed by atoms with E-state index in [0.29, 0.717) is 6.54 Å². The van der Waals surface area contributed by atoms with Crippen LogP contribution in [0, 0.1) is 5.82 Å². The Labute approximate surface area is 90.9 Å². The molecule has 0 spiro atoms. The topological polar surface area (TPSA) is 78.3 Å². The summed E-state index contributed by atoms with van der Waals surface area (Å²) in [4.78, 5) is 25.8. The van der Waals surface area contributed by atoms with E-state index in [9.17, 15) is 19.1 Å². The fourth-order valence-corrected chi connectivity index (χ4v) is 1.53. The second-order valence-electron chi connectivity index (χ2n) is 3.88. The normalized spacial score (nSPS) is 13.1. The number of H-pyrrole nitrogens is 1. The molecule has 0 saturated heterocycles. The standard InChI is InChI=1S/C9H14FN3O3/c1-5(4-12(2)3)13-8(15)6(10)7(14)11-9(13)16/h5,15H,4H2,1-3H3,(H,11,14,16). The molecule has 0 aromatic carbocycles. The van der Waals surface area contributed by atoms with Crippen LogP contribution in [-0.4, -0.2) is 40.2 Å². The van der Waals surface area contributed by atoms with E-state index in [-0.39, 0.29) is 0 Å². The Morgan fingerprint density at radius 2 is 2.06 bits per heavy atom. The number of aromatic hydroxyl groups is 1. The molecule has 0 radical (unpaired) electrons. The lowest BCUT2D eigenvalue weighted by molar-refractivity contribution is 0.288. The maximum absolute atomic E-state index is 13.1. The largest absolute Gasteiger partial charge is 0.492 e. The molecular formula is C9H14FN3O3. The molecule has 0 fully saturated rings. The molecule has 1 heterocycles. The summed E-state index contributed by atoms with van der Waals surface area (Å²) < 4.78 is 13.9. The molecule has 0 amide bonds. The van der Waals surface area contributed by atoms with Crippen molar-refractivity contribution in [3.63, 3.8) is 0 Å². The van der Waals surface area contributed by atoms with Crippen LogP contribution in [0.2, 0.25) is 0 Å². The van der Waals surface area contributed by atoms with Crippen LogP contribution < -0.4 is 11.2 Å². The van der Waals surface area contributed by atoms with Crippen molar-refractivity contribution in [3.05, 3.63) is 26.7 Å². The van der Waals surface area contributed by atoms with Crippen LogP contribution >= 0.6 is 0 Å². The van der Waals surface area contributed by atoms with Gasteiger partial charge in [0, 0.05) is 6.54 Å². The van der Waals surface area contributed by atoms with Crippen LogP contribution in [-0.2, 0) is 0 Å². The van der Waals surface area contributed by atoms with Crippen molar-refractivity contribution >= 4 is 0 Å². The molecule has 1 aromatic rings. The van der Waals surface area contributed by atoms with Crippen molar-refractivity contribution in [2.75, 3.05) is 20.6 Å². The summed E-state index contributed by atoms with van der Waals surface area (Å²) in [5, 5.41) is 9.39. The average molecular weight is 231 g/mol. The minimum Gasteiger partial charge on any atom is -0.492 e. The van der Waals surface area contributed by atoms with Gasteiger partial charge >= 0.3 is 5.69 Å². The summed E-state index contributed by atoms with van der Waals surface area (Å²) in [6.45, 7) is 2.07. The Kier molecular flexibility index (Phi) is 3.48. The number of rotatable bonds is 3. The minimum absolute atomic E-state index is 0.430. The van der Waals surface area contributed by atoms with E-state index in [0.717, 1.165) is 4.57 Å². The molecule has 16 heavy (non-hydrogen) atoms. The zero-order valence-corrected chi connectivity index (χ0v) is 9.32. The van der Waals surface area contributed by atoms with Crippen molar-refractivity contribution in [3.8, 4) is 5.88 Å². The lowest BCUT2D eigenvalue weighted by Gasteiger charge is -2.19. The van der Waals surface area contributed by atoms with Gasteiger partial charge in [-0.25, -0.2) is 4.79 Å². The highest BCUT2D eigenvalue weighted by Gasteiger charge is 2.18. The van der Waals surface area contributed by atoms with Gasteiger partial charge in [-0.3, -0.25) is 14.3 Å². The van der Waals surface area contributed by atoms with Gasteiger partial charge in [-0.05, 0) is 21.0 Å². The number of halogens is 1. The van der Waals surface area contributed by atoms with E-state index in [1.54, 1.807) is 30.9 Å². The highest BCUT2D eigenvalue weighted by molar-refractivity contribution is 5.10. The second kappa shape index (κ2) is 4.48. The molecule has 1 aromatic heterocycles. The van der Waals surface area contributed by atoms with Crippen LogP contribution in [0.1, 0.15) is 13.0 Å². The monoisotopic (exact) mass is 231 g/mol. The number of aromatic nitrogens is 2. The highest BCUT2D eigenvalue weighted by Crippen LogP contribution is 2.14. The van der Waals surface area contributed by atoms with Gasteiger partial charge < -0.3 is 10.0 Å². The number of hydrogen-bond donors (Lipinski definition) is 2. The Bertz CT molecular complexity index is 492. The summed E-state index contributed by atoms with van der Waals surface area (Å²) >= 11 is 0. The van der Waals surface area contributed by atoms with Gasteiger partial charge in [-0.15, -0.1) is 0 Å². The Balaban J connectivity index is 3.29. The Hall–Kier alpha value is -1.63. The number of hydrogen-bond acceptors (Lipinski definition) is 4. The van der Waals surface area contributed by atoms with E-state index in [1.807, 2.05) is 0 Å². The molecule has 2 N–H and O–H groups in total. The molecule has 0 aliphatic carbocycles. The van der Waals surface area contributed by atoms with E-state index < -0.39 is 29.0 Å². The van der Waals surface area contributed by atoms with Crippen LogP contribution in [0.4, 0.5) is 4.39 Å². The van der Waals surface area contributed by atoms with Crippen LogP contribution in [0.5, 0.6) is 5.88 Å². The van der Waals surface area contributed by atoms with Crippen molar-refractivity contribution in [2.45, 2.75) is 13.0 Å². The summed E-state index contributed by atoms with van der Waals surface area (Å²) in [7, 11) is 3.56. The first-order valence-electron chi connectivity index (χ1n) is 4.72. The van der Waals surface area contributed by atoms with E-state index in [2.05, 4.69) is 0 Å². The molecule has 90 valence electrons. The van der Waals surface area contributed by atoms with Crippen LogP contribution in [0.25, 0.3) is 0 Å². The van der Waals surface area contributed by atoms with Crippen LogP contribution in [0.3, 0.4) is 0 Å². The van der Waals surface area contributed by atoms with E-state index in [4.69, 9.17) is 0 Å². The van der Waals surface area contributed by atoms with Gasteiger partial charge in [0.2, 0.25) is 11.7 Å². The molecule has 1 atom stereocenters. The minimum atomic E-state index is -1.34. The van der Waals surface area contributed by atoms with Gasteiger partial charge in [0.25, 0.3) is 5.56 Å². The van der Waals surface area contributed by atoms with Gasteiger partial charge in [0.1, 0.15) is 0 Å². The number of nitrogens with one attached hydrogen (secondary N) is 1. The molecule has 6 nitrogen and oxygen atoms in total. The molecule has 1 rings (SSSR count). The predicted octanol–water partition coefficient (Wildman–Crippen LogP) is -0.496. The van der Waals surface area contributed by atoms with Gasteiger partial charge in [0.05, 0.1) is 6.04 Å². The van der Waals surface area contributed by atoms with Crippen molar-refractivity contribution in [1.29, 1.82) is 0 Å². The van der Waals surface area contributed by atoms with E-state index >= 15 is 0 Å². The van der Waals surface area contributed by atoms with Gasteiger partial charge in [-0.1, -0.05) is 0 Å². The molecular weight excluding hydrogens is 217 g/mol. The average Bonchev–Trinajstić information content (AvgIpc) is 2.13. The first kappa shape index (κ1) is 12.4. The smallest absolute Gasteiger partial charge is 0.331 e. The third kappa shape index (κ3) is 2.30. The first-order valence-corrected chi connectivity index (χ1v) is 4.72. The lowest BCUT2D eigenvalue weighted by Crippen LogP contribution is -2.36. The number of likely N-dealkylation sites (N-methyl/N-ethyl adjacent to an activating group) is 1. The second-order valence-corrected chi connectivity index (χ2v) is 3.88. The van der Waals surface area contributed by atoms with Crippen molar-refractivity contribution < 1.29 is 9.50 Å². The molecule has 0 bridgehead atoms. The number of aromatic amines is 1. The summed E-state index contributed by atoms with van der Waals surface area (Å²) in [6, 6.07) is -0.450. The summed E-state index contributed by atoms with van der Waals surface area (Å²) in [5.41, 5.74) is -2.03. The molecule has 0 aliphatic heterocycles. The van der Waals surface area contributed by atoms with Crippen molar-refractivity contribution in [1.82, 2.24) is 14.5 Å². The van der Waals surface area contributed by atoms with Gasteiger partial charge in [-0.2, -0.15) is 4.39 Å². The molecule has 1 unspecified atom stereocenters. The Morgan fingerprint density at radius 1 is 1.50 bits per heavy atom. The summed E-state index contributed by atoms with van der Waals surface area (Å²) in [5.74, 6) is -2.27. The van der Waals surface area contributed by atoms with Crippen molar-refractivity contribution in [2.24, 2.45) is 0 Å². The molecule has 0 saturated carbocycles. The SMILES string of the molecule is CC(CN(C)C)n1c(O)c(F)c(=O)[nH]c1=O. The molecule has 0 aliphatic rings. The Morgan fingerprint density at radius 3 is 2.56 bits per heavy atom. The lowest BCUT2D eigenvalue weighted by atomic mass is 10.3. The summed E-state index contributed by atoms with van der Waals surface area (Å²) in [6.07, 6.45) is 0.